The predicted octanol–water partition coefficient (Wildman–Crippen LogP) is 1.79. The highest BCUT2D eigenvalue weighted by molar-refractivity contribution is 5.75. The summed E-state index contributed by atoms with van der Waals surface area (Å²) >= 11 is 0. The van der Waals surface area contributed by atoms with Gasteiger partial charge in [-0.25, -0.2) is 4.79 Å². The molecular formula is C13H19NO4. The molecule has 1 amide bonds. The van der Waals surface area contributed by atoms with Crippen LogP contribution < -0.4 is 5.32 Å². The fourth-order valence-electron chi connectivity index (χ4n) is 2.80. The third kappa shape index (κ3) is 2.49. The molecule has 2 aliphatic carbocycles. The average Bonchev–Trinajstić information content (AvgIpc) is 2.73. The highest BCUT2D eigenvalue weighted by Crippen LogP contribution is 2.43. The van der Waals surface area contributed by atoms with E-state index in [-0.39, 0.29) is 17.9 Å². The lowest BCUT2D eigenvalue weighted by atomic mass is 9.89. The number of fused-ring (bicyclic) bond motifs is 2. The summed E-state index contributed by atoms with van der Waals surface area (Å²) in [6, 6.07) is -0.354. The topological polar surface area (TPSA) is 75.6 Å². The molecule has 18 heavy (non-hydrogen) atoms. The van der Waals surface area contributed by atoms with Crippen molar-refractivity contribution in [3.63, 3.8) is 0 Å². The van der Waals surface area contributed by atoms with Gasteiger partial charge in [-0.15, -0.1) is 0 Å². The summed E-state index contributed by atoms with van der Waals surface area (Å²) in [7, 11) is 0. The maximum absolute atomic E-state index is 11.7. The number of carboxylic acid groups (broad SMARTS) is 1. The lowest BCUT2D eigenvalue weighted by Crippen LogP contribution is -2.47. The zero-order valence-corrected chi connectivity index (χ0v) is 10.8. The van der Waals surface area contributed by atoms with Crippen molar-refractivity contribution in [3.05, 3.63) is 12.2 Å². The van der Waals surface area contributed by atoms with Gasteiger partial charge in [0.1, 0.15) is 5.60 Å². The molecule has 5 nitrogen and oxygen atoms in total. The van der Waals surface area contributed by atoms with E-state index in [1.807, 2.05) is 12.2 Å². The number of ether oxygens (including phenoxy) is 1. The van der Waals surface area contributed by atoms with Gasteiger partial charge in [-0.05, 0) is 39.0 Å². The molecule has 0 aromatic rings. The minimum atomic E-state index is -0.854. The second-order valence-corrected chi connectivity index (χ2v) is 5.98. The Morgan fingerprint density at radius 1 is 1.28 bits per heavy atom. The highest BCUT2D eigenvalue weighted by Gasteiger charge is 2.49. The second-order valence-electron chi connectivity index (χ2n) is 5.98. The van der Waals surface area contributed by atoms with Crippen LogP contribution in [0.1, 0.15) is 27.2 Å². The molecule has 0 spiro atoms. The summed E-state index contributed by atoms with van der Waals surface area (Å²) in [6.45, 7) is 5.34. The van der Waals surface area contributed by atoms with Crippen molar-refractivity contribution in [3.8, 4) is 0 Å². The molecule has 1 fully saturated rings. The molecule has 0 aromatic carbocycles. The molecule has 2 bridgehead atoms. The number of rotatable bonds is 2. The number of hydrogen-bond donors (Lipinski definition) is 2. The first-order valence-corrected chi connectivity index (χ1v) is 6.18. The standard InChI is InChI=1S/C13H19NO4/c1-13(2,3)18-12(17)14-10-8-5-4-7(6-8)9(10)11(15)16/h4-5,7-10H,6H2,1-3H3,(H,14,17)(H,15,16)/t7-,8+,9+,10-/m1/s1. The lowest BCUT2D eigenvalue weighted by Gasteiger charge is -2.27. The normalized spacial score (nSPS) is 33.5. The van der Waals surface area contributed by atoms with Crippen molar-refractivity contribution >= 4 is 12.1 Å². The molecule has 0 unspecified atom stereocenters. The number of nitrogens with one attached hydrogen (secondary N) is 1. The van der Waals surface area contributed by atoms with E-state index in [1.54, 1.807) is 20.8 Å². The van der Waals surface area contributed by atoms with Gasteiger partial charge in [-0.3, -0.25) is 4.79 Å². The summed E-state index contributed by atoms with van der Waals surface area (Å²) in [4.78, 5) is 23.0. The molecule has 0 radical (unpaired) electrons. The van der Waals surface area contributed by atoms with E-state index < -0.39 is 23.6 Å². The highest BCUT2D eigenvalue weighted by atomic mass is 16.6. The van der Waals surface area contributed by atoms with Crippen molar-refractivity contribution in [2.75, 3.05) is 0 Å². The first kappa shape index (κ1) is 12.9. The van der Waals surface area contributed by atoms with Crippen LogP contribution in [0.5, 0.6) is 0 Å². The Morgan fingerprint density at radius 3 is 2.44 bits per heavy atom. The maximum Gasteiger partial charge on any atom is 0.407 e. The molecule has 4 atom stereocenters. The van der Waals surface area contributed by atoms with Gasteiger partial charge in [0.2, 0.25) is 0 Å². The van der Waals surface area contributed by atoms with Crippen LogP contribution in [-0.4, -0.2) is 28.8 Å². The van der Waals surface area contributed by atoms with E-state index in [0.29, 0.717) is 0 Å². The predicted molar refractivity (Wildman–Crippen MR) is 65.0 cm³/mol. The largest absolute Gasteiger partial charge is 0.481 e. The molecular weight excluding hydrogens is 234 g/mol. The third-order valence-electron chi connectivity index (χ3n) is 3.43. The van der Waals surface area contributed by atoms with Gasteiger partial charge in [-0.1, -0.05) is 12.2 Å². The average molecular weight is 253 g/mol. The Bertz CT molecular complexity index is 396. The number of aliphatic carboxylic acids is 1. The van der Waals surface area contributed by atoms with Crippen LogP contribution in [0, 0.1) is 17.8 Å². The number of alkyl carbamates (subject to hydrolysis) is 1. The SMILES string of the molecule is CC(C)(C)OC(=O)N[C@H]1[C@@H](C(=O)O)[C@@H]2C=C[C@H]1C2. The van der Waals surface area contributed by atoms with Crippen LogP contribution in [0.2, 0.25) is 0 Å². The third-order valence-corrected chi connectivity index (χ3v) is 3.43. The number of carbonyl (C=O) groups is 2. The Labute approximate surface area is 106 Å². The van der Waals surface area contributed by atoms with Gasteiger partial charge in [-0.2, -0.15) is 0 Å². The molecule has 0 saturated heterocycles. The van der Waals surface area contributed by atoms with Crippen LogP contribution >= 0.6 is 0 Å². The molecule has 0 aliphatic heterocycles. The van der Waals surface area contributed by atoms with Crippen molar-refractivity contribution in [2.45, 2.75) is 38.8 Å². The first-order chi connectivity index (χ1) is 8.28. The van der Waals surface area contributed by atoms with Crippen LogP contribution in [0.4, 0.5) is 4.79 Å². The van der Waals surface area contributed by atoms with E-state index in [0.717, 1.165) is 6.42 Å². The quantitative estimate of drug-likeness (QED) is 0.736. The fraction of sp³-hybridized carbons (Fsp3) is 0.692. The van der Waals surface area contributed by atoms with Gasteiger partial charge in [0.15, 0.2) is 0 Å². The van der Waals surface area contributed by atoms with Crippen LogP contribution in [0.3, 0.4) is 0 Å². The van der Waals surface area contributed by atoms with E-state index in [9.17, 15) is 14.7 Å². The molecule has 0 heterocycles. The van der Waals surface area contributed by atoms with E-state index in [1.165, 1.54) is 0 Å². The van der Waals surface area contributed by atoms with E-state index in [2.05, 4.69) is 5.32 Å². The Hall–Kier alpha value is -1.52. The Kier molecular flexibility index (Phi) is 3.09. The Morgan fingerprint density at radius 2 is 1.89 bits per heavy atom. The minimum absolute atomic E-state index is 0.0347. The maximum atomic E-state index is 11.7. The molecule has 5 heteroatoms. The van der Waals surface area contributed by atoms with E-state index in [4.69, 9.17) is 4.74 Å². The molecule has 0 aromatic heterocycles. The van der Waals surface area contributed by atoms with Gasteiger partial charge >= 0.3 is 12.1 Å². The van der Waals surface area contributed by atoms with Gasteiger partial charge in [0.05, 0.1) is 12.0 Å². The molecule has 1 saturated carbocycles. The molecule has 100 valence electrons. The monoisotopic (exact) mass is 253 g/mol. The molecule has 2 rings (SSSR count). The summed E-state index contributed by atoms with van der Waals surface area (Å²) in [6.07, 6.45) is 4.19. The molecule has 2 aliphatic rings. The number of carboxylic acids is 1. The van der Waals surface area contributed by atoms with Crippen molar-refractivity contribution < 1.29 is 19.4 Å². The van der Waals surface area contributed by atoms with Crippen molar-refractivity contribution in [1.29, 1.82) is 0 Å². The molecule has 2 N–H and O–H groups in total. The summed E-state index contributed by atoms with van der Waals surface area (Å²) in [5.41, 5.74) is -0.573. The minimum Gasteiger partial charge on any atom is -0.481 e. The van der Waals surface area contributed by atoms with Crippen molar-refractivity contribution in [2.24, 2.45) is 17.8 Å². The summed E-state index contributed by atoms with van der Waals surface area (Å²) in [5.74, 6) is -1.24. The van der Waals surface area contributed by atoms with Crippen LogP contribution in [0.25, 0.3) is 0 Å². The summed E-state index contributed by atoms with van der Waals surface area (Å²) in [5, 5.41) is 11.9. The zero-order chi connectivity index (χ0) is 13.5. The van der Waals surface area contributed by atoms with Gasteiger partial charge in [0.25, 0.3) is 0 Å². The number of allylic oxidation sites excluding steroid dienone is 1. The van der Waals surface area contributed by atoms with Gasteiger partial charge < -0.3 is 15.2 Å². The number of hydrogen-bond acceptors (Lipinski definition) is 3. The van der Waals surface area contributed by atoms with Crippen molar-refractivity contribution in [1.82, 2.24) is 5.32 Å². The van der Waals surface area contributed by atoms with Gasteiger partial charge in [0, 0.05) is 0 Å². The summed E-state index contributed by atoms with van der Waals surface area (Å²) < 4.78 is 5.17. The van der Waals surface area contributed by atoms with E-state index >= 15 is 0 Å². The smallest absolute Gasteiger partial charge is 0.407 e. The second kappa shape index (κ2) is 4.30. The number of carbonyl (C=O) groups excluding carboxylic acids is 1. The number of amides is 1. The first-order valence-electron chi connectivity index (χ1n) is 6.18. The lowest BCUT2D eigenvalue weighted by molar-refractivity contribution is -0.143. The Balaban J connectivity index is 2.02. The van der Waals surface area contributed by atoms with Crippen LogP contribution in [0.15, 0.2) is 12.2 Å². The van der Waals surface area contributed by atoms with Crippen LogP contribution in [-0.2, 0) is 9.53 Å². The zero-order valence-electron chi connectivity index (χ0n) is 10.8. The fourth-order valence-corrected chi connectivity index (χ4v) is 2.80.